The minimum atomic E-state index is -0.799. The lowest BCUT2D eigenvalue weighted by Gasteiger charge is -2.26. The number of anilines is 1. The van der Waals surface area contributed by atoms with Crippen molar-refractivity contribution in [2.45, 2.75) is 6.92 Å². The van der Waals surface area contributed by atoms with Crippen LogP contribution in [0.3, 0.4) is 0 Å². The minimum absolute atomic E-state index is 0.192. The first kappa shape index (κ1) is 15.6. The molecule has 0 spiro atoms. The Balaban J connectivity index is 2.01. The Hall–Kier alpha value is -3.28. The van der Waals surface area contributed by atoms with Crippen LogP contribution in [0, 0.1) is 12.7 Å². The third kappa shape index (κ3) is 2.94. The lowest BCUT2D eigenvalue weighted by atomic mass is 10.1. The summed E-state index contributed by atoms with van der Waals surface area (Å²) in [7, 11) is 0. The zero-order valence-corrected chi connectivity index (χ0v) is 12.7. The molecule has 1 aliphatic heterocycles. The molecular weight excluding hydrogens is 311 g/mol. The molecule has 5 nitrogen and oxygen atoms in total. The van der Waals surface area contributed by atoms with Gasteiger partial charge in [-0.2, -0.15) is 0 Å². The lowest BCUT2D eigenvalue weighted by Crippen LogP contribution is -2.54. The van der Waals surface area contributed by atoms with E-state index in [0.717, 1.165) is 10.5 Å². The van der Waals surface area contributed by atoms with Gasteiger partial charge < -0.3 is 0 Å². The Kier molecular flexibility index (Phi) is 3.95. The molecule has 0 aromatic heterocycles. The number of aryl methyl sites for hydroxylation is 1. The van der Waals surface area contributed by atoms with E-state index in [-0.39, 0.29) is 5.57 Å². The van der Waals surface area contributed by atoms with Gasteiger partial charge in [0.2, 0.25) is 0 Å². The summed E-state index contributed by atoms with van der Waals surface area (Å²) in [6.45, 7) is 1.83. The van der Waals surface area contributed by atoms with Crippen molar-refractivity contribution >= 4 is 29.6 Å². The second kappa shape index (κ2) is 6.08. The van der Waals surface area contributed by atoms with Crippen LogP contribution in [0.2, 0.25) is 0 Å². The Morgan fingerprint density at radius 2 is 1.75 bits per heavy atom. The normalized spacial score (nSPS) is 16.5. The van der Waals surface area contributed by atoms with Crippen LogP contribution < -0.4 is 10.2 Å². The van der Waals surface area contributed by atoms with Crippen molar-refractivity contribution in [3.05, 3.63) is 71.0 Å². The Morgan fingerprint density at radius 3 is 2.42 bits per heavy atom. The first-order valence-corrected chi connectivity index (χ1v) is 7.19. The third-order valence-electron chi connectivity index (χ3n) is 3.54. The molecule has 0 saturated carbocycles. The van der Waals surface area contributed by atoms with Crippen molar-refractivity contribution in [3.63, 3.8) is 0 Å². The molecule has 0 atom stereocenters. The van der Waals surface area contributed by atoms with E-state index in [0.29, 0.717) is 11.3 Å². The van der Waals surface area contributed by atoms with Crippen molar-refractivity contribution in [3.8, 4) is 0 Å². The second-order valence-electron chi connectivity index (χ2n) is 5.35. The Morgan fingerprint density at radius 1 is 1.04 bits per heavy atom. The van der Waals surface area contributed by atoms with Crippen LogP contribution in [0.5, 0.6) is 0 Å². The SMILES string of the molecule is Cc1cccc(N2C(=O)NC(=O)/C(=C/c3ccc(F)cc3)C2=O)c1. The topological polar surface area (TPSA) is 66.5 Å². The fraction of sp³-hybridized carbons (Fsp3) is 0.0556. The third-order valence-corrected chi connectivity index (χ3v) is 3.54. The summed E-state index contributed by atoms with van der Waals surface area (Å²) in [6, 6.07) is 11.3. The quantitative estimate of drug-likeness (QED) is 0.682. The average Bonchev–Trinajstić information content (AvgIpc) is 2.53. The van der Waals surface area contributed by atoms with E-state index < -0.39 is 23.7 Å². The van der Waals surface area contributed by atoms with Crippen molar-refractivity contribution in [1.29, 1.82) is 0 Å². The predicted molar refractivity (Wildman–Crippen MR) is 86.6 cm³/mol. The van der Waals surface area contributed by atoms with Gasteiger partial charge in [0.25, 0.3) is 11.8 Å². The minimum Gasteiger partial charge on any atom is -0.273 e. The number of amides is 4. The molecule has 3 rings (SSSR count). The highest BCUT2D eigenvalue weighted by atomic mass is 19.1. The summed E-state index contributed by atoms with van der Waals surface area (Å²) in [5, 5.41) is 2.14. The summed E-state index contributed by atoms with van der Waals surface area (Å²) in [6.07, 6.45) is 1.33. The molecule has 6 heteroatoms. The maximum Gasteiger partial charge on any atom is 0.335 e. The molecule has 2 aromatic carbocycles. The number of hydrogen-bond donors (Lipinski definition) is 1. The summed E-state index contributed by atoms with van der Waals surface area (Å²) < 4.78 is 13.0. The van der Waals surface area contributed by atoms with Gasteiger partial charge in [-0.1, -0.05) is 24.3 Å². The maximum atomic E-state index is 13.0. The van der Waals surface area contributed by atoms with Gasteiger partial charge in [-0.25, -0.2) is 14.1 Å². The molecule has 1 heterocycles. The number of barbiturate groups is 1. The molecule has 4 amide bonds. The van der Waals surface area contributed by atoms with Gasteiger partial charge in [-0.15, -0.1) is 0 Å². The maximum absolute atomic E-state index is 13.0. The van der Waals surface area contributed by atoms with E-state index >= 15 is 0 Å². The van der Waals surface area contributed by atoms with Crippen LogP contribution in [0.1, 0.15) is 11.1 Å². The molecule has 2 aromatic rings. The number of benzene rings is 2. The number of halogens is 1. The van der Waals surface area contributed by atoms with Crippen LogP contribution in [0.25, 0.3) is 6.08 Å². The monoisotopic (exact) mass is 324 g/mol. The van der Waals surface area contributed by atoms with Crippen LogP contribution in [0.4, 0.5) is 14.9 Å². The van der Waals surface area contributed by atoms with E-state index in [9.17, 15) is 18.8 Å². The molecular formula is C18H13FN2O3. The van der Waals surface area contributed by atoms with E-state index in [1.807, 2.05) is 13.0 Å². The number of nitrogens with one attached hydrogen (secondary N) is 1. The van der Waals surface area contributed by atoms with Gasteiger partial charge in [-0.05, 0) is 48.4 Å². The second-order valence-corrected chi connectivity index (χ2v) is 5.35. The highest BCUT2D eigenvalue weighted by Crippen LogP contribution is 2.22. The summed E-state index contributed by atoms with van der Waals surface area (Å²) in [5.74, 6) is -1.93. The first-order chi connectivity index (χ1) is 11.5. The van der Waals surface area contributed by atoms with Crippen molar-refractivity contribution in [1.82, 2.24) is 5.32 Å². The number of carbonyl (C=O) groups excluding carboxylic acids is 3. The summed E-state index contributed by atoms with van der Waals surface area (Å²) in [4.78, 5) is 37.6. The van der Waals surface area contributed by atoms with Crippen LogP contribution in [-0.2, 0) is 9.59 Å². The van der Waals surface area contributed by atoms with Gasteiger partial charge in [0, 0.05) is 0 Å². The molecule has 0 aliphatic carbocycles. The molecule has 1 N–H and O–H groups in total. The Labute approximate surface area is 137 Å². The van der Waals surface area contributed by atoms with Gasteiger partial charge in [-0.3, -0.25) is 14.9 Å². The average molecular weight is 324 g/mol. The molecule has 0 bridgehead atoms. The standard InChI is InChI=1S/C18H13FN2O3/c1-11-3-2-4-14(9-11)21-17(23)15(16(22)20-18(21)24)10-12-5-7-13(19)8-6-12/h2-10H,1H3,(H,20,22,24)/b15-10-. The molecule has 24 heavy (non-hydrogen) atoms. The van der Waals surface area contributed by atoms with Crippen LogP contribution in [0.15, 0.2) is 54.1 Å². The number of carbonyl (C=O) groups is 3. The highest BCUT2D eigenvalue weighted by molar-refractivity contribution is 6.39. The van der Waals surface area contributed by atoms with E-state index in [4.69, 9.17) is 0 Å². The smallest absolute Gasteiger partial charge is 0.273 e. The molecule has 1 aliphatic rings. The molecule has 1 fully saturated rings. The number of urea groups is 1. The zero-order valence-electron chi connectivity index (χ0n) is 12.7. The number of hydrogen-bond acceptors (Lipinski definition) is 3. The van der Waals surface area contributed by atoms with Crippen LogP contribution in [-0.4, -0.2) is 17.8 Å². The number of imide groups is 2. The first-order valence-electron chi connectivity index (χ1n) is 7.19. The number of nitrogens with zero attached hydrogens (tertiary/aromatic N) is 1. The van der Waals surface area contributed by atoms with Gasteiger partial charge >= 0.3 is 6.03 Å². The van der Waals surface area contributed by atoms with Crippen molar-refractivity contribution in [2.75, 3.05) is 4.90 Å². The summed E-state index contributed by atoms with van der Waals surface area (Å²) >= 11 is 0. The van der Waals surface area contributed by atoms with E-state index in [1.54, 1.807) is 18.2 Å². The molecule has 1 saturated heterocycles. The van der Waals surface area contributed by atoms with Gasteiger partial charge in [0.15, 0.2) is 0 Å². The lowest BCUT2D eigenvalue weighted by molar-refractivity contribution is -0.122. The van der Waals surface area contributed by atoms with E-state index in [2.05, 4.69) is 5.32 Å². The predicted octanol–water partition coefficient (Wildman–Crippen LogP) is 2.80. The molecule has 0 radical (unpaired) electrons. The van der Waals surface area contributed by atoms with Crippen molar-refractivity contribution < 1.29 is 18.8 Å². The highest BCUT2D eigenvalue weighted by Gasteiger charge is 2.36. The Bertz CT molecular complexity index is 872. The molecule has 0 unspecified atom stereocenters. The summed E-state index contributed by atoms with van der Waals surface area (Å²) in [5.41, 5.74) is 1.53. The van der Waals surface area contributed by atoms with Crippen molar-refractivity contribution in [2.24, 2.45) is 0 Å². The fourth-order valence-corrected chi connectivity index (χ4v) is 2.38. The zero-order chi connectivity index (χ0) is 17.3. The fourth-order valence-electron chi connectivity index (χ4n) is 2.38. The van der Waals surface area contributed by atoms with E-state index in [1.165, 1.54) is 30.3 Å². The number of rotatable bonds is 2. The largest absolute Gasteiger partial charge is 0.335 e. The van der Waals surface area contributed by atoms with Gasteiger partial charge in [0.05, 0.1) is 5.69 Å². The molecule has 120 valence electrons. The van der Waals surface area contributed by atoms with Crippen LogP contribution >= 0.6 is 0 Å². The van der Waals surface area contributed by atoms with Gasteiger partial charge in [0.1, 0.15) is 11.4 Å².